The third-order valence-electron chi connectivity index (χ3n) is 2.72. The Labute approximate surface area is 135 Å². The summed E-state index contributed by atoms with van der Waals surface area (Å²) in [5.74, 6) is -1.84. The molecule has 0 saturated carbocycles. The van der Waals surface area contributed by atoms with E-state index in [1.807, 2.05) is 0 Å². The highest BCUT2D eigenvalue weighted by molar-refractivity contribution is 5.96. The molecule has 1 aromatic carbocycles. The van der Waals surface area contributed by atoms with Crippen molar-refractivity contribution in [1.82, 2.24) is 0 Å². The van der Waals surface area contributed by atoms with Crippen LogP contribution in [0.15, 0.2) is 48.8 Å². The molecule has 0 aliphatic carbocycles. The average molecular weight is 338 g/mol. The van der Waals surface area contributed by atoms with Crippen LogP contribution in [0.2, 0.25) is 0 Å². The van der Waals surface area contributed by atoms with Crippen molar-refractivity contribution in [2.24, 2.45) is 0 Å². The number of nitrogens with one attached hydrogen (secondary N) is 1. The highest BCUT2D eigenvalue weighted by Crippen LogP contribution is 2.25. The van der Waals surface area contributed by atoms with E-state index in [-0.39, 0.29) is 17.0 Å². The Balaban J connectivity index is 1.93. The molecule has 0 aliphatic heterocycles. The Bertz CT molecular complexity index is 739. The van der Waals surface area contributed by atoms with Crippen LogP contribution in [0.25, 0.3) is 0 Å². The number of ether oxygens (including phenoxy) is 2. The quantitative estimate of drug-likeness (QED) is 0.492. The maximum Gasteiger partial charge on any atom is 0.387 e. The van der Waals surface area contributed by atoms with Gasteiger partial charge in [-0.15, -0.1) is 0 Å². The SMILES string of the molecule is O=C(COC(=O)c1ccc[n+]([O-])c1)Nc1ccccc1OC(F)F. The lowest BCUT2D eigenvalue weighted by Gasteiger charge is -2.11. The Morgan fingerprint density at radius 1 is 1.21 bits per heavy atom. The molecule has 1 aromatic heterocycles. The van der Waals surface area contributed by atoms with Gasteiger partial charge in [-0.05, 0) is 18.2 Å². The number of aromatic nitrogens is 1. The molecule has 1 heterocycles. The maximum absolute atomic E-state index is 12.3. The molecule has 0 aliphatic rings. The number of para-hydroxylation sites is 2. The summed E-state index contributed by atoms with van der Waals surface area (Å²) in [6, 6.07) is 8.28. The van der Waals surface area contributed by atoms with E-state index in [1.165, 1.54) is 42.6 Å². The number of carbonyl (C=O) groups excluding carboxylic acids is 2. The van der Waals surface area contributed by atoms with Gasteiger partial charge in [-0.3, -0.25) is 4.79 Å². The molecule has 0 bridgehead atoms. The number of pyridine rings is 1. The van der Waals surface area contributed by atoms with E-state index >= 15 is 0 Å². The van der Waals surface area contributed by atoms with Gasteiger partial charge in [0, 0.05) is 6.07 Å². The predicted octanol–water partition coefficient (Wildman–Crippen LogP) is 1.72. The standard InChI is InChI=1S/C15H12F2N2O5/c16-15(17)24-12-6-2-1-5-11(12)18-13(20)9-23-14(21)10-4-3-7-19(22)8-10/h1-8,15H,9H2,(H,18,20). The Hall–Kier alpha value is -3.23. The van der Waals surface area contributed by atoms with Gasteiger partial charge >= 0.3 is 12.6 Å². The lowest BCUT2D eigenvalue weighted by molar-refractivity contribution is -0.605. The second-order valence-electron chi connectivity index (χ2n) is 4.45. The molecule has 24 heavy (non-hydrogen) atoms. The molecule has 2 rings (SSSR count). The van der Waals surface area contributed by atoms with Crippen molar-refractivity contribution >= 4 is 17.6 Å². The zero-order chi connectivity index (χ0) is 17.5. The monoisotopic (exact) mass is 338 g/mol. The second-order valence-corrected chi connectivity index (χ2v) is 4.45. The molecule has 9 heteroatoms. The van der Waals surface area contributed by atoms with Crippen LogP contribution in [-0.2, 0) is 9.53 Å². The fourth-order valence-corrected chi connectivity index (χ4v) is 1.74. The number of alkyl halides is 2. The zero-order valence-corrected chi connectivity index (χ0v) is 12.1. The summed E-state index contributed by atoms with van der Waals surface area (Å²) in [7, 11) is 0. The van der Waals surface area contributed by atoms with Gasteiger partial charge in [0.15, 0.2) is 19.0 Å². The van der Waals surface area contributed by atoms with Crippen LogP contribution in [0.3, 0.4) is 0 Å². The maximum atomic E-state index is 12.3. The summed E-state index contributed by atoms with van der Waals surface area (Å²) in [5, 5.41) is 13.3. The number of halogens is 2. The van der Waals surface area contributed by atoms with Gasteiger partial charge in [0.1, 0.15) is 11.3 Å². The highest BCUT2D eigenvalue weighted by Gasteiger charge is 2.15. The molecule has 0 spiro atoms. The van der Waals surface area contributed by atoms with Crippen LogP contribution < -0.4 is 14.8 Å². The summed E-state index contributed by atoms with van der Waals surface area (Å²) < 4.78 is 34.0. The van der Waals surface area contributed by atoms with E-state index in [0.717, 1.165) is 6.20 Å². The van der Waals surface area contributed by atoms with Gasteiger partial charge in [-0.2, -0.15) is 13.5 Å². The molecule has 1 N–H and O–H groups in total. The van der Waals surface area contributed by atoms with Crippen LogP contribution >= 0.6 is 0 Å². The first-order valence-electron chi connectivity index (χ1n) is 6.65. The molecule has 7 nitrogen and oxygen atoms in total. The molecule has 2 aromatic rings. The molecule has 0 radical (unpaired) electrons. The minimum atomic E-state index is -3.04. The first-order chi connectivity index (χ1) is 11.5. The summed E-state index contributed by atoms with van der Waals surface area (Å²) in [4.78, 5) is 23.4. The van der Waals surface area contributed by atoms with E-state index in [9.17, 15) is 23.6 Å². The lowest BCUT2D eigenvalue weighted by atomic mass is 10.3. The normalized spacial score (nSPS) is 10.3. The Kier molecular flexibility index (Phi) is 5.61. The van der Waals surface area contributed by atoms with Crippen LogP contribution in [0.4, 0.5) is 14.5 Å². The van der Waals surface area contributed by atoms with E-state index in [1.54, 1.807) is 0 Å². The number of amides is 1. The number of nitrogens with zero attached hydrogens (tertiary/aromatic N) is 1. The van der Waals surface area contributed by atoms with Crippen molar-refractivity contribution < 1.29 is 32.6 Å². The molecule has 0 unspecified atom stereocenters. The van der Waals surface area contributed by atoms with Gasteiger partial charge in [-0.25, -0.2) is 4.79 Å². The van der Waals surface area contributed by atoms with Crippen LogP contribution in [0.1, 0.15) is 10.4 Å². The number of benzene rings is 1. The molecule has 0 saturated heterocycles. The van der Waals surface area contributed by atoms with Crippen molar-refractivity contribution in [2.75, 3.05) is 11.9 Å². The first kappa shape index (κ1) is 17.1. The smallest absolute Gasteiger partial charge is 0.387 e. The molecular formula is C15H12F2N2O5. The minimum absolute atomic E-state index is 0.0101. The van der Waals surface area contributed by atoms with Crippen molar-refractivity contribution in [3.63, 3.8) is 0 Å². The van der Waals surface area contributed by atoms with E-state index in [4.69, 9.17) is 4.74 Å². The highest BCUT2D eigenvalue weighted by atomic mass is 19.3. The molecule has 0 atom stereocenters. The number of hydrogen-bond acceptors (Lipinski definition) is 5. The molecule has 0 fully saturated rings. The van der Waals surface area contributed by atoms with Crippen LogP contribution in [-0.4, -0.2) is 25.1 Å². The molecular weight excluding hydrogens is 326 g/mol. The number of anilines is 1. The number of carbonyl (C=O) groups is 2. The minimum Gasteiger partial charge on any atom is -0.619 e. The van der Waals surface area contributed by atoms with E-state index in [2.05, 4.69) is 10.1 Å². The van der Waals surface area contributed by atoms with E-state index < -0.39 is 25.1 Å². The summed E-state index contributed by atoms with van der Waals surface area (Å²) in [6.07, 6.45) is 2.18. The van der Waals surface area contributed by atoms with Gasteiger partial charge in [-0.1, -0.05) is 12.1 Å². The predicted molar refractivity (Wildman–Crippen MR) is 77.4 cm³/mol. The topological polar surface area (TPSA) is 91.6 Å². The summed E-state index contributed by atoms with van der Waals surface area (Å²) in [6.45, 7) is -3.70. The largest absolute Gasteiger partial charge is 0.619 e. The molecule has 126 valence electrons. The third-order valence-corrected chi connectivity index (χ3v) is 2.72. The number of rotatable bonds is 6. The first-order valence-corrected chi connectivity index (χ1v) is 6.65. The third kappa shape index (κ3) is 4.90. The number of esters is 1. The summed E-state index contributed by atoms with van der Waals surface area (Å²) >= 11 is 0. The zero-order valence-electron chi connectivity index (χ0n) is 12.1. The fraction of sp³-hybridized carbons (Fsp3) is 0.133. The lowest BCUT2D eigenvalue weighted by Crippen LogP contribution is -2.27. The Morgan fingerprint density at radius 2 is 1.96 bits per heavy atom. The molecule has 1 amide bonds. The van der Waals surface area contributed by atoms with Crippen LogP contribution in [0, 0.1) is 5.21 Å². The summed E-state index contributed by atoms with van der Waals surface area (Å²) in [5.41, 5.74) is -0.0160. The van der Waals surface area contributed by atoms with Crippen molar-refractivity contribution in [2.45, 2.75) is 6.61 Å². The average Bonchev–Trinajstić information content (AvgIpc) is 2.54. The number of hydrogen-bond donors (Lipinski definition) is 1. The van der Waals surface area contributed by atoms with Crippen molar-refractivity contribution in [1.29, 1.82) is 0 Å². The van der Waals surface area contributed by atoms with Gasteiger partial charge < -0.3 is 20.0 Å². The Morgan fingerprint density at radius 3 is 2.67 bits per heavy atom. The van der Waals surface area contributed by atoms with Gasteiger partial charge in [0.05, 0.1) is 5.69 Å². The van der Waals surface area contributed by atoms with Crippen molar-refractivity contribution in [3.8, 4) is 5.75 Å². The van der Waals surface area contributed by atoms with Gasteiger partial charge in [0.25, 0.3) is 5.91 Å². The van der Waals surface area contributed by atoms with E-state index in [0.29, 0.717) is 4.73 Å². The fourth-order valence-electron chi connectivity index (χ4n) is 1.74. The second kappa shape index (κ2) is 7.86. The van der Waals surface area contributed by atoms with Crippen molar-refractivity contribution in [3.05, 3.63) is 59.6 Å². The van der Waals surface area contributed by atoms with Gasteiger partial charge in [0.2, 0.25) is 0 Å². The van der Waals surface area contributed by atoms with Crippen LogP contribution in [0.5, 0.6) is 5.75 Å².